The van der Waals surface area contributed by atoms with Gasteiger partial charge in [0, 0.05) is 23.4 Å². The molecule has 1 aromatic rings. The molecule has 88 valence electrons. The highest BCUT2D eigenvalue weighted by molar-refractivity contribution is 9.10. The lowest BCUT2D eigenvalue weighted by Crippen LogP contribution is -2.36. The lowest BCUT2D eigenvalue weighted by atomic mass is 10.2. The summed E-state index contributed by atoms with van der Waals surface area (Å²) in [5, 5.41) is 0.446. The molecule has 0 saturated heterocycles. The number of hydrogen-bond acceptors (Lipinski definition) is 1. The van der Waals surface area contributed by atoms with Crippen LogP contribution < -0.4 is 0 Å². The van der Waals surface area contributed by atoms with E-state index in [1.165, 1.54) is 0 Å². The predicted molar refractivity (Wildman–Crippen MR) is 71.4 cm³/mol. The molecule has 1 rings (SSSR count). The van der Waals surface area contributed by atoms with Crippen LogP contribution >= 0.6 is 39.1 Å². The molecule has 2 nitrogen and oxygen atoms in total. The van der Waals surface area contributed by atoms with Gasteiger partial charge >= 0.3 is 0 Å². The van der Waals surface area contributed by atoms with Gasteiger partial charge in [-0.1, -0.05) is 27.5 Å². The molecule has 5 heteroatoms. The SMILES string of the molecule is CC(CCl)N(C)C(=O)c1cc(Br)ccc1Cl. The molecule has 0 spiro atoms. The van der Waals surface area contributed by atoms with Crippen molar-refractivity contribution in [1.82, 2.24) is 4.90 Å². The van der Waals surface area contributed by atoms with E-state index < -0.39 is 0 Å². The van der Waals surface area contributed by atoms with E-state index in [-0.39, 0.29) is 11.9 Å². The number of alkyl halides is 1. The van der Waals surface area contributed by atoms with Crippen molar-refractivity contribution in [2.75, 3.05) is 12.9 Å². The van der Waals surface area contributed by atoms with Crippen molar-refractivity contribution < 1.29 is 4.79 Å². The van der Waals surface area contributed by atoms with Crippen molar-refractivity contribution in [1.29, 1.82) is 0 Å². The van der Waals surface area contributed by atoms with Gasteiger partial charge in [-0.3, -0.25) is 4.79 Å². The highest BCUT2D eigenvalue weighted by Crippen LogP contribution is 2.22. The van der Waals surface area contributed by atoms with E-state index in [9.17, 15) is 4.79 Å². The van der Waals surface area contributed by atoms with Crippen molar-refractivity contribution in [2.45, 2.75) is 13.0 Å². The van der Waals surface area contributed by atoms with Crippen LogP contribution in [0.2, 0.25) is 5.02 Å². The van der Waals surface area contributed by atoms with E-state index in [1.807, 2.05) is 6.92 Å². The smallest absolute Gasteiger partial charge is 0.255 e. The number of benzene rings is 1. The molecule has 1 atom stereocenters. The molecular formula is C11H12BrCl2NO. The average molecular weight is 325 g/mol. The van der Waals surface area contributed by atoms with Crippen LogP contribution in [0, 0.1) is 0 Å². The largest absolute Gasteiger partial charge is 0.338 e. The molecular weight excluding hydrogens is 313 g/mol. The Hall–Kier alpha value is -0.250. The van der Waals surface area contributed by atoms with E-state index in [2.05, 4.69) is 15.9 Å². The summed E-state index contributed by atoms with van der Waals surface area (Å²) >= 11 is 15.0. The summed E-state index contributed by atoms with van der Waals surface area (Å²) in [7, 11) is 1.71. The number of carbonyl (C=O) groups is 1. The predicted octanol–water partition coefficient (Wildman–Crippen LogP) is 3.80. The van der Waals surface area contributed by atoms with E-state index >= 15 is 0 Å². The van der Waals surface area contributed by atoms with Gasteiger partial charge < -0.3 is 4.90 Å². The van der Waals surface area contributed by atoms with Crippen LogP contribution in [0.1, 0.15) is 17.3 Å². The van der Waals surface area contributed by atoms with Gasteiger partial charge in [-0.25, -0.2) is 0 Å². The Morgan fingerprint density at radius 3 is 2.75 bits per heavy atom. The topological polar surface area (TPSA) is 20.3 Å². The molecule has 0 N–H and O–H groups in total. The van der Waals surface area contributed by atoms with Gasteiger partial charge in [-0.05, 0) is 25.1 Å². The third kappa shape index (κ3) is 3.12. The Kier molecular flexibility index (Phi) is 5.09. The Bertz CT molecular complexity index is 398. The van der Waals surface area contributed by atoms with E-state index in [4.69, 9.17) is 23.2 Å². The molecule has 0 saturated carbocycles. The van der Waals surface area contributed by atoms with Gasteiger partial charge in [0.05, 0.1) is 10.6 Å². The monoisotopic (exact) mass is 323 g/mol. The minimum absolute atomic E-state index is 0.0239. The fourth-order valence-corrected chi connectivity index (χ4v) is 1.92. The minimum atomic E-state index is -0.126. The number of amides is 1. The molecule has 0 aromatic heterocycles. The van der Waals surface area contributed by atoms with E-state index in [0.717, 1.165) is 4.47 Å². The molecule has 0 bridgehead atoms. The summed E-state index contributed by atoms with van der Waals surface area (Å²) in [6.07, 6.45) is 0. The molecule has 0 aliphatic rings. The maximum atomic E-state index is 12.1. The fraction of sp³-hybridized carbons (Fsp3) is 0.364. The highest BCUT2D eigenvalue weighted by atomic mass is 79.9. The first-order chi connectivity index (χ1) is 7.47. The Morgan fingerprint density at radius 1 is 1.56 bits per heavy atom. The second-order valence-corrected chi connectivity index (χ2v) is 5.18. The molecule has 0 aliphatic heterocycles. The average Bonchev–Trinajstić information content (AvgIpc) is 2.29. The zero-order chi connectivity index (χ0) is 12.3. The maximum Gasteiger partial charge on any atom is 0.255 e. The number of hydrogen-bond donors (Lipinski definition) is 0. The Labute approximate surface area is 114 Å². The first kappa shape index (κ1) is 13.8. The Balaban J connectivity index is 3.00. The van der Waals surface area contributed by atoms with Crippen LogP contribution in [-0.2, 0) is 0 Å². The van der Waals surface area contributed by atoms with Crippen LogP contribution in [0.4, 0.5) is 0 Å². The van der Waals surface area contributed by atoms with Gasteiger partial charge in [-0.2, -0.15) is 0 Å². The molecule has 0 aliphatic carbocycles. The lowest BCUT2D eigenvalue weighted by Gasteiger charge is -2.23. The van der Waals surface area contributed by atoms with Crippen molar-refractivity contribution in [3.8, 4) is 0 Å². The van der Waals surface area contributed by atoms with Gasteiger partial charge in [0.15, 0.2) is 0 Å². The molecule has 1 amide bonds. The van der Waals surface area contributed by atoms with Gasteiger partial charge in [0.1, 0.15) is 0 Å². The zero-order valence-electron chi connectivity index (χ0n) is 9.01. The van der Waals surface area contributed by atoms with Crippen LogP contribution in [-0.4, -0.2) is 29.8 Å². The van der Waals surface area contributed by atoms with Crippen molar-refractivity contribution >= 4 is 45.0 Å². The second kappa shape index (κ2) is 5.89. The first-order valence-corrected chi connectivity index (χ1v) is 6.46. The molecule has 0 radical (unpaired) electrons. The normalized spacial score (nSPS) is 12.3. The summed E-state index contributed by atoms with van der Waals surface area (Å²) in [4.78, 5) is 13.7. The quantitative estimate of drug-likeness (QED) is 0.774. The van der Waals surface area contributed by atoms with Crippen LogP contribution in [0.15, 0.2) is 22.7 Å². The molecule has 1 aromatic carbocycles. The van der Waals surface area contributed by atoms with Crippen molar-refractivity contribution in [3.63, 3.8) is 0 Å². The lowest BCUT2D eigenvalue weighted by molar-refractivity contribution is 0.0757. The molecule has 16 heavy (non-hydrogen) atoms. The second-order valence-electron chi connectivity index (χ2n) is 3.54. The minimum Gasteiger partial charge on any atom is -0.338 e. The number of carbonyl (C=O) groups excluding carboxylic acids is 1. The molecule has 0 fully saturated rings. The summed E-state index contributed by atoms with van der Waals surface area (Å²) in [6.45, 7) is 1.89. The number of halogens is 3. The van der Waals surface area contributed by atoms with E-state index in [1.54, 1.807) is 30.1 Å². The molecule has 0 heterocycles. The van der Waals surface area contributed by atoms with Crippen molar-refractivity contribution in [2.24, 2.45) is 0 Å². The summed E-state index contributed by atoms with van der Waals surface area (Å²) in [6, 6.07) is 5.17. The maximum absolute atomic E-state index is 12.1. The fourth-order valence-electron chi connectivity index (χ4n) is 1.16. The van der Waals surface area contributed by atoms with Crippen LogP contribution in [0.25, 0.3) is 0 Å². The van der Waals surface area contributed by atoms with Crippen LogP contribution in [0.3, 0.4) is 0 Å². The third-order valence-corrected chi connectivity index (χ3v) is 3.63. The Morgan fingerprint density at radius 2 is 2.19 bits per heavy atom. The third-order valence-electron chi connectivity index (χ3n) is 2.36. The number of nitrogens with zero attached hydrogens (tertiary/aromatic N) is 1. The summed E-state index contributed by atoms with van der Waals surface area (Å²) in [5.41, 5.74) is 0.482. The van der Waals surface area contributed by atoms with Crippen LogP contribution in [0.5, 0.6) is 0 Å². The van der Waals surface area contributed by atoms with Gasteiger partial charge in [-0.15, -0.1) is 11.6 Å². The zero-order valence-corrected chi connectivity index (χ0v) is 12.1. The van der Waals surface area contributed by atoms with E-state index in [0.29, 0.717) is 16.5 Å². The number of rotatable bonds is 3. The summed E-state index contributed by atoms with van der Waals surface area (Å²) in [5.74, 6) is 0.271. The summed E-state index contributed by atoms with van der Waals surface area (Å²) < 4.78 is 0.826. The molecule has 1 unspecified atom stereocenters. The highest BCUT2D eigenvalue weighted by Gasteiger charge is 2.19. The standard InChI is InChI=1S/C11H12BrCl2NO/c1-7(6-13)15(2)11(16)9-5-8(12)3-4-10(9)14/h3-5,7H,6H2,1-2H3. The van der Waals surface area contributed by atoms with Crippen molar-refractivity contribution in [3.05, 3.63) is 33.3 Å². The van der Waals surface area contributed by atoms with Gasteiger partial charge in [0.2, 0.25) is 0 Å². The first-order valence-electron chi connectivity index (χ1n) is 4.75. The van der Waals surface area contributed by atoms with Gasteiger partial charge in [0.25, 0.3) is 5.91 Å².